The van der Waals surface area contributed by atoms with Crippen molar-refractivity contribution in [1.82, 2.24) is 9.55 Å². The molecule has 0 bridgehead atoms. The van der Waals surface area contributed by atoms with Gasteiger partial charge in [-0.1, -0.05) is 18.2 Å². The van der Waals surface area contributed by atoms with Gasteiger partial charge in [0.05, 0.1) is 27.8 Å². The van der Waals surface area contributed by atoms with E-state index in [1.165, 1.54) is 12.1 Å². The summed E-state index contributed by atoms with van der Waals surface area (Å²) in [5, 5.41) is -0.189. The van der Waals surface area contributed by atoms with Crippen LogP contribution in [0, 0.1) is 11.7 Å². The predicted octanol–water partition coefficient (Wildman–Crippen LogP) is 4.44. The van der Waals surface area contributed by atoms with Gasteiger partial charge in [0.15, 0.2) is 0 Å². The summed E-state index contributed by atoms with van der Waals surface area (Å²) >= 11 is 0. The van der Waals surface area contributed by atoms with Crippen LogP contribution in [-0.4, -0.2) is 15.7 Å². The molecule has 1 fully saturated rings. The van der Waals surface area contributed by atoms with E-state index < -0.39 is 35.3 Å². The first-order chi connectivity index (χ1) is 12.8. The van der Waals surface area contributed by atoms with Gasteiger partial charge in [0.2, 0.25) is 0 Å². The van der Waals surface area contributed by atoms with Crippen LogP contribution >= 0.6 is 0 Å². The van der Waals surface area contributed by atoms with Gasteiger partial charge in [0, 0.05) is 0 Å². The molecule has 1 saturated carbocycles. The molecule has 3 nitrogen and oxygen atoms in total. The molecule has 4 rings (SSSR count). The number of para-hydroxylation sites is 1. The number of rotatable bonds is 3. The van der Waals surface area contributed by atoms with E-state index in [-0.39, 0.29) is 35.1 Å². The summed E-state index contributed by atoms with van der Waals surface area (Å²) in [5.41, 5.74) is -2.03. The van der Waals surface area contributed by atoms with Crippen molar-refractivity contribution in [3.05, 3.63) is 70.0 Å². The highest BCUT2D eigenvalue weighted by molar-refractivity contribution is 5.84. The molecule has 0 spiro atoms. The third kappa shape index (κ3) is 3.20. The van der Waals surface area contributed by atoms with Gasteiger partial charge in [-0.15, -0.1) is 0 Å². The molecular formula is C19H13F5N2O. The molecule has 2 atom stereocenters. The van der Waals surface area contributed by atoms with E-state index in [4.69, 9.17) is 0 Å². The number of nitrogens with zero attached hydrogens (tertiary/aromatic N) is 2. The molecule has 3 aromatic rings. The summed E-state index contributed by atoms with van der Waals surface area (Å²) in [6.07, 6.45) is -5.56. The minimum Gasteiger partial charge on any atom is -0.260 e. The first-order valence-corrected chi connectivity index (χ1v) is 8.27. The van der Waals surface area contributed by atoms with Crippen LogP contribution in [0.3, 0.4) is 0 Å². The topological polar surface area (TPSA) is 34.9 Å². The first kappa shape index (κ1) is 17.6. The zero-order valence-corrected chi connectivity index (χ0v) is 13.8. The molecule has 0 amide bonds. The summed E-state index contributed by atoms with van der Waals surface area (Å²) in [6, 6.07) is 9.02. The zero-order valence-electron chi connectivity index (χ0n) is 13.8. The number of alkyl halides is 4. The van der Waals surface area contributed by atoms with Crippen LogP contribution in [0.1, 0.15) is 17.7 Å². The molecule has 1 aromatic heterocycles. The molecule has 0 unspecified atom stereocenters. The normalized spacial score (nSPS) is 19.4. The van der Waals surface area contributed by atoms with Crippen molar-refractivity contribution in [3.8, 4) is 5.69 Å². The van der Waals surface area contributed by atoms with Crippen molar-refractivity contribution in [1.29, 1.82) is 0 Å². The molecule has 1 aliphatic carbocycles. The second-order valence-corrected chi connectivity index (χ2v) is 6.58. The fourth-order valence-corrected chi connectivity index (χ4v) is 3.19. The smallest absolute Gasteiger partial charge is 0.260 e. The Kier molecular flexibility index (Phi) is 4.01. The molecule has 1 heterocycles. The van der Waals surface area contributed by atoms with Crippen LogP contribution in [0.25, 0.3) is 16.6 Å². The van der Waals surface area contributed by atoms with E-state index in [0.29, 0.717) is 6.07 Å². The Hall–Kier alpha value is -2.77. The van der Waals surface area contributed by atoms with Crippen LogP contribution in [-0.2, 0) is 12.6 Å². The lowest BCUT2D eigenvalue weighted by molar-refractivity contribution is -0.137. The lowest BCUT2D eigenvalue weighted by Gasteiger charge is -2.16. The summed E-state index contributed by atoms with van der Waals surface area (Å²) in [4.78, 5) is 16.4. The molecule has 8 heteroatoms. The summed E-state index contributed by atoms with van der Waals surface area (Å²) < 4.78 is 68.4. The first-order valence-electron chi connectivity index (χ1n) is 8.27. The van der Waals surface area contributed by atoms with Crippen LogP contribution in [0.15, 0.2) is 47.3 Å². The molecule has 27 heavy (non-hydrogen) atoms. The highest BCUT2D eigenvalue weighted by atomic mass is 19.4. The van der Waals surface area contributed by atoms with Gasteiger partial charge in [-0.25, -0.2) is 13.6 Å². The molecule has 0 radical (unpaired) electrons. The molecule has 0 N–H and O–H groups in total. The molecular weight excluding hydrogens is 367 g/mol. The Morgan fingerprint density at radius 1 is 1.15 bits per heavy atom. The third-order valence-corrected chi connectivity index (χ3v) is 4.65. The summed E-state index contributed by atoms with van der Waals surface area (Å²) in [5.74, 6) is -1.53. The van der Waals surface area contributed by atoms with E-state index in [9.17, 15) is 26.7 Å². The van der Waals surface area contributed by atoms with E-state index in [2.05, 4.69) is 4.98 Å². The average molecular weight is 380 g/mol. The standard InChI is InChI=1S/C19H13F5N2O/c20-13-6-10(13)7-15-17-14(21)8-11(19(22,23)24)9-16(17)26(18(27)25-15)12-4-2-1-3-5-12/h1-5,8-10,13H,6-7H2/t10-,13+/m1/s1. The number of aromatic nitrogens is 2. The number of hydrogen-bond acceptors (Lipinski definition) is 2. The van der Waals surface area contributed by atoms with E-state index >= 15 is 0 Å². The second kappa shape index (κ2) is 6.14. The fraction of sp³-hybridized carbons (Fsp3) is 0.263. The predicted molar refractivity (Wildman–Crippen MR) is 89.0 cm³/mol. The highest BCUT2D eigenvalue weighted by Crippen LogP contribution is 2.39. The van der Waals surface area contributed by atoms with Crippen LogP contribution in [0.5, 0.6) is 0 Å². The van der Waals surface area contributed by atoms with Crippen LogP contribution in [0.4, 0.5) is 22.0 Å². The Morgan fingerprint density at radius 2 is 1.81 bits per heavy atom. The molecule has 140 valence electrons. The summed E-state index contributed by atoms with van der Waals surface area (Å²) in [6.45, 7) is 0. The minimum absolute atomic E-state index is 0.00478. The highest BCUT2D eigenvalue weighted by Gasteiger charge is 2.39. The van der Waals surface area contributed by atoms with E-state index in [1.807, 2.05) is 0 Å². The maximum absolute atomic E-state index is 14.7. The number of benzene rings is 2. The molecule has 2 aromatic carbocycles. The Labute approximate surface area is 150 Å². The van der Waals surface area contributed by atoms with Crippen molar-refractivity contribution in [2.24, 2.45) is 5.92 Å². The number of hydrogen-bond donors (Lipinski definition) is 0. The van der Waals surface area contributed by atoms with Gasteiger partial charge in [-0.3, -0.25) is 4.57 Å². The molecule has 0 aliphatic heterocycles. The van der Waals surface area contributed by atoms with Crippen molar-refractivity contribution in [2.45, 2.75) is 25.2 Å². The maximum atomic E-state index is 14.7. The SMILES string of the molecule is O=c1nc(C[C@H]2C[C@@H]2F)c2c(F)cc(C(F)(F)F)cc2n1-c1ccccc1. The van der Waals surface area contributed by atoms with Gasteiger partial charge >= 0.3 is 11.9 Å². The van der Waals surface area contributed by atoms with Gasteiger partial charge in [-0.05, 0) is 43.0 Å². The van der Waals surface area contributed by atoms with Crippen molar-refractivity contribution >= 4 is 10.9 Å². The second-order valence-electron chi connectivity index (χ2n) is 6.58. The zero-order chi connectivity index (χ0) is 19.3. The van der Waals surface area contributed by atoms with Gasteiger partial charge in [0.25, 0.3) is 0 Å². The van der Waals surface area contributed by atoms with Crippen molar-refractivity contribution < 1.29 is 22.0 Å². The maximum Gasteiger partial charge on any atom is 0.416 e. The quantitative estimate of drug-likeness (QED) is 0.630. The number of halogens is 5. The Morgan fingerprint density at radius 3 is 2.41 bits per heavy atom. The van der Waals surface area contributed by atoms with E-state index in [0.717, 1.165) is 10.6 Å². The van der Waals surface area contributed by atoms with Crippen molar-refractivity contribution in [3.63, 3.8) is 0 Å². The lowest BCUT2D eigenvalue weighted by atomic mass is 10.0. The molecule has 1 aliphatic rings. The number of fused-ring (bicyclic) bond motifs is 1. The van der Waals surface area contributed by atoms with Crippen molar-refractivity contribution in [2.75, 3.05) is 0 Å². The third-order valence-electron chi connectivity index (χ3n) is 4.65. The lowest BCUT2D eigenvalue weighted by Crippen LogP contribution is -2.25. The molecule has 0 saturated heterocycles. The minimum atomic E-state index is -4.78. The monoisotopic (exact) mass is 380 g/mol. The fourth-order valence-electron chi connectivity index (χ4n) is 3.19. The van der Waals surface area contributed by atoms with Gasteiger partial charge in [0.1, 0.15) is 12.0 Å². The van der Waals surface area contributed by atoms with Crippen LogP contribution in [0.2, 0.25) is 0 Å². The average Bonchev–Trinajstić information content (AvgIpc) is 3.29. The Bertz CT molecular complexity index is 1080. The largest absolute Gasteiger partial charge is 0.416 e. The van der Waals surface area contributed by atoms with Gasteiger partial charge in [-0.2, -0.15) is 18.2 Å². The van der Waals surface area contributed by atoms with Crippen LogP contribution < -0.4 is 5.69 Å². The van der Waals surface area contributed by atoms with E-state index in [1.54, 1.807) is 18.2 Å². The summed E-state index contributed by atoms with van der Waals surface area (Å²) in [7, 11) is 0. The van der Waals surface area contributed by atoms with Gasteiger partial charge < -0.3 is 0 Å². The Balaban J connectivity index is 2.05.